The van der Waals surface area contributed by atoms with Gasteiger partial charge in [-0.2, -0.15) is 0 Å². The summed E-state index contributed by atoms with van der Waals surface area (Å²) in [7, 11) is 0. The third-order valence-electron chi connectivity index (χ3n) is 0.0900. The summed E-state index contributed by atoms with van der Waals surface area (Å²) < 4.78 is 0.728. The number of hydrogen-bond acceptors (Lipinski definition) is 0. The summed E-state index contributed by atoms with van der Waals surface area (Å²) in [5, 5.41) is 0. The van der Waals surface area contributed by atoms with Gasteiger partial charge in [0.2, 0.25) is 0 Å². The van der Waals surface area contributed by atoms with E-state index in [4.69, 9.17) is 23.2 Å². The van der Waals surface area contributed by atoms with Gasteiger partial charge < -0.3 is 0 Å². The van der Waals surface area contributed by atoms with Crippen molar-refractivity contribution in [2.24, 2.45) is 0 Å². The average Bonchev–Trinajstić information content (AvgIpc) is 1.38. The van der Waals surface area contributed by atoms with Crippen molar-refractivity contribution in [3.8, 4) is 0 Å². The summed E-state index contributed by atoms with van der Waals surface area (Å²) in [4.78, 5) is 0. The number of rotatable bonds is 0. The minimum absolute atomic E-state index is 0.728. The van der Waals surface area contributed by atoms with Crippen LogP contribution in [0.3, 0.4) is 0 Å². The van der Waals surface area contributed by atoms with Crippen LogP contribution in [0.25, 0.3) is 0 Å². The molecule has 0 saturated heterocycles. The first-order chi connectivity index (χ1) is 2.27. The van der Waals surface area contributed by atoms with Gasteiger partial charge >= 0.3 is 56.5 Å². The molecule has 0 spiro atoms. The molecular formula is C2H2Cl2Po. The third kappa shape index (κ3) is 5.22. The zero-order valence-electron chi connectivity index (χ0n) is 2.28. The van der Waals surface area contributed by atoms with Crippen LogP contribution in [0.2, 0.25) is 0 Å². The van der Waals surface area contributed by atoms with Crippen LogP contribution in [0.5, 0.6) is 0 Å². The standard InChI is InChI=1S/C2HCl2.Po.H/c3-1-2-4;;/h1H;;. The molecule has 0 bridgehead atoms. The fraction of sp³-hybridized carbons (Fsp3) is 0. The molecule has 0 N–H and O–H groups in total. The van der Waals surface area contributed by atoms with Crippen LogP contribution in [0, 0.1) is 0 Å². The molecule has 0 atom stereocenters. The molecule has 0 fully saturated rings. The van der Waals surface area contributed by atoms with Crippen LogP contribution in [0.4, 0.5) is 0 Å². The van der Waals surface area contributed by atoms with Gasteiger partial charge in [0, 0.05) is 0 Å². The first-order valence-electron chi connectivity index (χ1n) is 0.919. The van der Waals surface area contributed by atoms with Crippen LogP contribution < -0.4 is 0 Å². The summed E-state index contributed by atoms with van der Waals surface area (Å²) >= 11 is 11.3. The Kier molecular flexibility index (Phi) is 4.24. The van der Waals surface area contributed by atoms with Gasteiger partial charge in [-0.15, -0.1) is 0 Å². The molecule has 0 aliphatic heterocycles. The van der Waals surface area contributed by atoms with Gasteiger partial charge in [0.15, 0.2) is 0 Å². The predicted octanol–water partition coefficient (Wildman–Crippen LogP) is 1.16. The molecule has 0 heterocycles. The molecule has 5 heavy (non-hydrogen) atoms. The summed E-state index contributed by atoms with van der Waals surface area (Å²) in [5.74, 6) is 0. The van der Waals surface area contributed by atoms with Crippen LogP contribution in [0.15, 0.2) is 8.23 Å². The molecule has 0 saturated carbocycles. The van der Waals surface area contributed by atoms with Crippen LogP contribution in [0.1, 0.15) is 0 Å². The zero-order chi connectivity index (χ0) is 4.28. The Hall–Kier alpha value is 1.22. The van der Waals surface area contributed by atoms with Crippen molar-refractivity contribution in [3.05, 3.63) is 8.23 Å². The molecule has 0 aliphatic carbocycles. The normalized spacial score (nSPS) is 12.2. The molecule has 0 rings (SSSR count). The van der Waals surface area contributed by atoms with Crippen LogP contribution in [-0.4, -0.2) is 25.1 Å². The van der Waals surface area contributed by atoms with E-state index in [0.717, 1.165) is 27.8 Å². The predicted molar refractivity (Wildman–Crippen MR) is 26.9 cm³/mol. The Morgan fingerprint density at radius 3 is 2.00 bits per heavy atom. The zero-order valence-corrected chi connectivity index (χ0v) is 7.27. The Balaban J connectivity index is 3.14. The van der Waals surface area contributed by atoms with Crippen molar-refractivity contribution in [1.82, 2.24) is 0 Å². The first kappa shape index (κ1) is 6.22. The van der Waals surface area contributed by atoms with E-state index in [1.807, 2.05) is 0 Å². The van der Waals surface area contributed by atoms with E-state index in [2.05, 4.69) is 0 Å². The van der Waals surface area contributed by atoms with Gasteiger partial charge in [0.1, 0.15) is 0 Å². The molecule has 0 aromatic heterocycles. The molecule has 0 aromatic carbocycles. The van der Waals surface area contributed by atoms with E-state index < -0.39 is 0 Å². The summed E-state index contributed by atoms with van der Waals surface area (Å²) in [6.07, 6.45) is 0. The summed E-state index contributed by atoms with van der Waals surface area (Å²) in [6, 6.07) is 0. The van der Waals surface area contributed by atoms with Gasteiger partial charge in [0.05, 0.1) is 0 Å². The maximum absolute atomic E-state index is 5.24. The first-order valence-corrected chi connectivity index (χ1v) is 3.47. The van der Waals surface area contributed by atoms with E-state index in [1.165, 1.54) is 5.54 Å². The van der Waals surface area contributed by atoms with E-state index in [-0.39, 0.29) is 0 Å². The molecule has 3 heteroatoms. The molecule has 0 aliphatic rings. The van der Waals surface area contributed by atoms with Gasteiger partial charge in [-0.1, -0.05) is 0 Å². The summed E-state index contributed by atoms with van der Waals surface area (Å²) in [5.41, 5.74) is 1.37. The van der Waals surface area contributed by atoms with Crippen molar-refractivity contribution in [2.45, 2.75) is 0 Å². The molecular weight excluding hydrogens is 304 g/mol. The number of halogens is 2. The van der Waals surface area contributed by atoms with Crippen molar-refractivity contribution >= 4 is 48.3 Å². The Bertz CT molecular complexity index is 45.6. The molecule has 0 radical (unpaired) electrons. The second kappa shape index (κ2) is 3.41. The summed E-state index contributed by atoms with van der Waals surface area (Å²) in [6.45, 7) is 0. The maximum atomic E-state index is 5.24. The van der Waals surface area contributed by atoms with E-state index in [1.54, 1.807) is 0 Å². The SMILES string of the molecule is ClC=[C](Cl)[PoH]. The monoisotopic (exact) mass is 305 g/mol. The topological polar surface area (TPSA) is 0 Å². The van der Waals surface area contributed by atoms with Gasteiger partial charge in [-0.3, -0.25) is 0 Å². The molecule has 0 aromatic rings. The van der Waals surface area contributed by atoms with Crippen LogP contribution in [-0.2, 0) is 0 Å². The minimum atomic E-state index is 0.728. The van der Waals surface area contributed by atoms with Crippen molar-refractivity contribution in [3.63, 3.8) is 0 Å². The van der Waals surface area contributed by atoms with E-state index in [0.29, 0.717) is 0 Å². The number of hydrogen-bond donors (Lipinski definition) is 0. The fourth-order valence-corrected chi connectivity index (χ4v) is 0. The second-order valence-electron chi connectivity index (χ2n) is 0.432. The Labute approximate surface area is 56.3 Å². The van der Waals surface area contributed by atoms with Gasteiger partial charge in [-0.25, -0.2) is 0 Å². The van der Waals surface area contributed by atoms with Gasteiger partial charge in [0.25, 0.3) is 0 Å². The Morgan fingerprint density at radius 2 is 2.00 bits per heavy atom. The molecule has 0 unspecified atom stereocenters. The van der Waals surface area contributed by atoms with Crippen molar-refractivity contribution < 1.29 is 0 Å². The average molecular weight is 306 g/mol. The molecule has 0 nitrogen and oxygen atoms in total. The van der Waals surface area contributed by atoms with E-state index >= 15 is 0 Å². The quantitative estimate of drug-likeness (QED) is 0.630. The second-order valence-corrected chi connectivity index (χ2v) is 4.01. The van der Waals surface area contributed by atoms with Crippen LogP contribution >= 0.6 is 23.2 Å². The van der Waals surface area contributed by atoms with Crippen molar-refractivity contribution in [2.75, 3.05) is 0 Å². The van der Waals surface area contributed by atoms with Gasteiger partial charge in [-0.05, 0) is 0 Å². The third-order valence-corrected chi connectivity index (χ3v) is 1.66. The van der Waals surface area contributed by atoms with Crippen molar-refractivity contribution in [1.29, 1.82) is 0 Å². The Morgan fingerprint density at radius 1 is 1.80 bits per heavy atom. The molecule has 0 amide bonds. The fourth-order valence-electron chi connectivity index (χ4n) is 0. The van der Waals surface area contributed by atoms with E-state index in [9.17, 15) is 0 Å². The molecule has 30 valence electrons.